The highest BCUT2D eigenvalue weighted by atomic mass is 35.6. The monoisotopic (exact) mass is 577 g/mol. The van der Waals surface area contributed by atoms with Gasteiger partial charge in [-0.15, -0.1) is 0 Å². The third-order valence-electron chi connectivity index (χ3n) is 5.00. The normalized spacial score (nSPS) is 34.3. The van der Waals surface area contributed by atoms with Gasteiger partial charge in [0.2, 0.25) is 7.59 Å². The molecule has 0 saturated carbocycles. The number of alkyl halides is 6. The highest BCUT2D eigenvalue weighted by Crippen LogP contribution is 2.48. The first-order valence-corrected chi connectivity index (χ1v) is 11.6. The summed E-state index contributed by atoms with van der Waals surface area (Å²) in [5.41, 5.74) is -1.89. The average Bonchev–Trinajstić information content (AvgIpc) is 3.28. The summed E-state index contributed by atoms with van der Waals surface area (Å²) < 4.78 is 24.4. The van der Waals surface area contributed by atoms with Crippen molar-refractivity contribution in [1.82, 2.24) is 15.5 Å². The molecule has 3 saturated heterocycles. The molecule has 3 rings (SSSR count). The van der Waals surface area contributed by atoms with Gasteiger partial charge in [-0.3, -0.25) is 0 Å². The highest BCUT2D eigenvalue weighted by molar-refractivity contribution is 6.68. The van der Waals surface area contributed by atoms with Crippen molar-refractivity contribution in [2.24, 2.45) is 0 Å². The van der Waals surface area contributed by atoms with Crippen LogP contribution >= 0.6 is 69.6 Å². The lowest BCUT2D eigenvalue weighted by atomic mass is 10.1. The second kappa shape index (κ2) is 9.64. The molecule has 0 aromatic carbocycles. The van der Waals surface area contributed by atoms with Gasteiger partial charge in [0.05, 0.1) is 19.7 Å². The molecule has 0 bridgehead atoms. The molecule has 0 spiro atoms. The molecule has 3 heterocycles. The SMILES string of the molecule is C[C@@]1(CNC(=O)OCC(Cl)(Cl)Cl)O[C@H]2CO[C@@H]3N2[C@H]1O[C@@]3(C)CNC(=O)OCC(Cl)(Cl)Cl. The van der Waals surface area contributed by atoms with Crippen molar-refractivity contribution < 1.29 is 33.3 Å². The Morgan fingerprint density at radius 1 is 0.906 bits per heavy atom. The molecular formula is C16H21Cl6N3O7. The van der Waals surface area contributed by atoms with Crippen LogP contribution in [-0.2, 0) is 23.7 Å². The van der Waals surface area contributed by atoms with E-state index in [0.29, 0.717) is 0 Å². The quantitative estimate of drug-likeness (QED) is 0.463. The standard InChI is InChI=1S/C16H21Cl6N3O7/c1-13(4-23-11(26)29-6-15(17,18)19)9-25-8(3-28-9)31-14(2,10(25)32-13)5-24-12(27)30-7-16(20,21)22/h8-10H,3-7H2,1-2H3,(H,23,26)(H,24,27)/t8-,9-,10-,13-,14-/m0/s1. The lowest BCUT2D eigenvalue weighted by Gasteiger charge is -2.32. The van der Waals surface area contributed by atoms with Gasteiger partial charge in [-0.25, -0.2) is 14.5 Å². The molecule has 3 aliphatic rings. The summed E-state index contributed by atoms with van der Waals surface area (Å²) in [6, 6.07) is 0. The van der Waals surface area contributed by atoms with Crippen LogP contribution in [0.2, 0.25) is 0 Å². The minimum Gasteiger partial charge on any atom is -0.445 e. The Kier molecular flexibility index (Phi) is 8.05. The smallest absolute Gasteiger partial charge is 0.407 e. The number of nitrogens with one attached hydrogen (secondary N) is 2. The summed E-state index contributed by atoms with van der Waals surface area (Å²) in [6.45, 7) is 3.10. The van der Waals surface area contributed by atoms with E-state index in [2.05, 4.69) is 10.6 Å². The number of ether oxygens (including phenoxy) is 5. The Labute approximate surface area is 214 Å². The number of nitrogens with zero attached hydrogens (tertiary/aromatic N) is 1. The van der Waals surface area contributed by atoms with Crippen molar-refractivity contribution in [3.63, 3.8) is 0 Å². The molecule has 3 aliphatic heterocycles. The van der Waals surface area contributed by atoms with Crippen LogP contribution in [0.1, 0.15) is 13.8 Å². The topological polar surface area (TPSA) is 108 Å². The van der Waals surface area contributed by atoms with E-state index < -0.39 is 62.9 Å². The number of hydrogen-bond acceptors (Lipinski definition) is 8. The molecule has 10 nitrogen and oxygen atoms in total. The number of alkyl carbamates (subject to hydrolysis) is 2. The molecule has 2 amide bonds. The van der Waals surface area contributed by atoms with Crippen LogP contribution in [0.5, 0.6) is 0 Å². The van der Waals surface area contributed by atoms with E-state index in [-0.39, 0.29) is 19.7 Å². The molecule has 0 aliphatic carbocycles. The maximum atomic E-state index is 11.9. The van der Waals surface area contributed by atoms with E-state index in [4.69, 9.17) is 93.3 Å². The number of rotatable bonds is 6. The van der Waals surface area contributed by atoms with Gasteiger partial charge in [0.25, 0.3) is 0 Å². The Bertz CT molecular complexity index is 704. The molecule has 16 heteroatoms. The molecule has 0 unspecified atom stereocenters. The number of hydrogen-bond donors (Lipinski definition) is 2. The maximum Gasteiger partial charge on any atom is 0.407 e. The molecule has 0 radical (unpaired) electrons. The van der Waals surface area contributed by atoms with E-state index in [1.165, 1.54) is 0 Å². The van der Waals surface area contributed by atoms with Gasteiger partial charge in [-0.2, -0.15) is 0 Å². The molecule has 3 fully saturated rings. The number of amides is 2. The lowest BCUT2D eigenvalue weighted by Crippen LogP contribution is -2.51. The zero-order valence-electron chi connectivity index (χ0n) is 16.8. The van der Waals surface area contributed by atoms with Gasteiger partial charge in [-0.05, 0) is 13.8 Å². The summed E-state index contributed by atoms with van der Waals surface area (Å²) in [5.74, 6) is 0. The van der Waals surface area contributed by atoms with Crippen molar-refractivity contribution in [2.75, 3.05) is 32.9 Å². The summed E-state index contributed by atoms with van der Waals surface area (Å²) in [6.07, 6.45) is -3.05. The van der Waals surface area contributed by atoms with Crippen LogP contribution in [0.4, 0.5) is 9.59 Å². The van der Waals surface area contributed by atoms with Crippen molar-refractivity contribution in [2.45, 2.75) is 51.3 Å². The molecule has 184 valence electrons. The Morgan fingerprint density at radius 3 is 1.84 bits per heavy atom. The zero-order valence-corrected chi connectivity index (χ0v) is 21.4. The summed E-state index contributed by atoms with van der Waals surface area (Å²) in [5, 5.41) is 5.16. The minimum absolute atomic E-state index is 0.0465. The van der Waals surface area contributed by atoms with Crippen molar-refractivity contribution in [1.29, 1.82) is 0 Å². The molecule has 0 aromatic heterocycles. The summed E-state index contributed by atoms with van der Waals surface area (Å²) >= 11 is 33.5. The van der Waals surface area contributed by atoms with E-state index in [0.717, 1.165) is 0 Å². The molecule has 5 atom stereocenters. The van der Waals surface area contributed by atoms with Crippen molar-refractivity contribution >= 4 is 81.8 Å². The highest BCUT2D eigenvalue weighted by Gasteiger charge is 2.67. The third kappa shape index (κ3) is 6.41. The third-order valence-corrected chi connectivity index (χ3v) is 5.66. The van der Waals surface area contributed by atoms with Crippen LogP contribution < -0.4 is 10.6 Å². The second-order valence-electron chi connectivity index (χ2n) is 7.89. The lowest BCUT2D eigenvalue weighted by molar-refractivity contribution is -0.126. The zero-order chi connectivity index (χ0) is 23.9. The van der Waals surface area contributed by atoms with Crippen LogP contribution in [0.25, 0.3) is 0 Å². The van der Waals surface area contributed by atoms with E-state index >= 15 is 0 Å². The van der Waals surface area contributed by atoms with E-state index in [1.54, 1.807) is 13.8 Å². The summed E-state index contributed by atoms with van der Waals surface area (Å²) in [4.78, 5) is 25.8. The molecule has 0 aromatic rings. The van der Waals surface area contributed by atoms with Crippen LogP contribution in [0.15, 0.2) is 0 Å². The van der Waals surface area contributed by atoms with Gasteiger partial charge < -0.3 is 34.3 Å². The minimum atomic E-state index is -1.72. The predicted molar refractivity (Wildman–Crippen MR) is 117 cm³/mol. The largest absolute Gasteiger partial charge is 0.445 e. The number of halogens is 6. The first-order chi connectivity index (χ1) is 14.6. The van der Waals surface area contributed by atoms with E-state index in [9.17, 15) is 9.59 Å². The first kappa shape index (κ1) is 26.7. The fourth-order valence-corrected chi connectivity index (χ4v) is 4.02. The molecule has 2 N–H and O–H groups in total. The van der Waals surface area contributed by atoms with E-state index in [1.807, 2.05) is 4.90 Å². The second-order valence-corrected chi connectivity index (χ2v) is 12.9. The number of carbonyl (C=O) groups excluding carboxylic acids is 2. The summed E-state index contributed by atoms with van der Waals surface area (Å²) in [7, 11) is 0. The maximum absolute atomic E-state index is 11.9. The fourth-order valence-electron chi connectivity index (χ4n) is 3.69. The van der Waals surface area contributed by atoms with Gasteiger partial charge in [0.15, 0.2) is 0 Å². The Balaban J connectivity index is 1.57. The van der Waals surface area contributed by atoms with Gasteiger partial charge in [0.1, 0.15) is 43.1 Å². The van der Waals surface area contributed by atoms with Crippen LogP contribution in [-0.4, -0.2) is 87.5 Å². The van der Waals surface area contributed by atoms with Crippen molar-refractivity contribution in [3.05, 3.63) is 0 Å². The van der Waals surface area contributed by atoms with Gasteiger partial charge in [-0.1, -0.05) is 69.6 Å². The first-order valence-electron chi connectivity index (χ1n) is 9.31. The molecule has 32 heavy (non-hydrogen) atoms. The predicted octanol–water partition coefficient (Wildman–Crippen LogP) is 3.07. The average molecular weight is 580 g/mol. The Morgan fingerprint density at radius 2 is 1.38 bits per heavy atom. The van der Waals surface area contributed by atoms with Crippen LogP contribution in [0, 0.1) is 0 Å². The molecular weight excluding hydrogens is 559 g/mol. The van der Waals surface area contributed by atoms with Gasteiger partial charge >= 0.3 is 12.2 Å². The van der Waals surface area contributed by atoms with Gasteiger partial charge in [0, 0.05) is 0 Å². The fraction of sp³-hybridized carbons (Fsp3) is 0.875. The Hall–Kier alpha value is 0.120. The number of carbonyl (C=O) groups is 2. The van der Waals surface area contributed by atoms with Crippen molar-refractivity contribution in [3.8, 4) is 0 Å². The van der Waals surface area contributed by atoms with Crippen LogP contribution in [0.3, 0.4) is 0 Å².